The summed E-state index contributed by atoms with van der Waals surface area (Å²) in [5.74, 6) is -1.82. The Bertz CT molecular complexity index is 623. The van der Waals surface area contributed by atoms with E-state index in [1.807, 2.05) is 13.8 Å². The summed E-state index contributed by atoms with van der Waals surface area (Å²) in [6.07, 6.45) is 1.72. The van der Waals surface area contributed by atoms with E-state index in [1.165, 1.54) is 0 Å². The van der Waals surface area contributed by atoms with Gasteiger partial charge in [-0.15, -0.1) is 0 Å². The topological polar surface area (TPSA) is 101 Å². The molecule has 0 radical (unpaired) electrons. The van der Waals surface area contributed by atoms with Crippen LogP contribution in [0.1, 0.15) is 59.3 Å². The number of carboxylic acids is 1. The van der Waals surface area contributed by atoms with Gasteiger partial charge >= 0.3 is 11.9 Å². The first kappa shape index (κ1) is 19.1. The lowest BCUT2D eigenvalue weighted by Gasteiger charge is -2.59. The van der Waals surface area contributed by atoms with Crippen LogP contribution < -0.4 is 0 Å². The summed E-state index contributed by atoms with van der Waals surface area (Å²) in [6, 6.07) is 0. The van der Waals surface area contributed by atoms with Crippen LogP contribution in [-0.4, -0.2) is 41.0 Å². The molecule has 8 atom stereocenters. The Balaban J connectivity index is 1.58. The Morgan fingerprint density at radius 1 is 1.11 bits per heavy atom. The van der Waals surface area contributed by atoms with Gasteiger partial charge in [-0.05, 0) is 38.0 Å². The number of esters is 1. The maximum Gasteiger partial charge on any atom is 0.308 e. The van der Waals surface area contributed by atoms with Gasteiger partial charge in [0.2, 0.25) is 12.1 Å². The van der Waals surface area contributed by atoms with Crippen LogP contribution in [0.4, 0.5) is 0 Å². The standard InChI is InChI=1S/C19H28O8/c1-10-4-5-13-11(2)16(23-15(22)7-6-14(20)21)24-17-19(13)12(10)8-9-18(3,25-17)26-27-19/h10-13,16-17H,4-9H2,1-3H3,(H,20,21)/t10?,11-,12+,13?,16?,17?,18+,19?/m1/s1. The Morgan fingerprint density at radius 3 is 2.63 bits per heavy atom. The lowest BCUT2D eigenvalue weighted by Crippen LogP contribution is -2.70. The number of rotatable bonds is 4. The molecule has 2 bridgehead atoms. The van der Waals surface area contributed by atoms with Crippen molar-refractivity contribution in [1.29, 1.82) is 0 Å². The zero-order valence-electron chi connectivity index (χ0n) is 16.0. The molecule has 5 unspecified atom stereocenters. The molecule has 5 fully saturated rings. The van der Waals surface area contributed by atoms with E-state index < -0.39 is 35.9 Å². The van der Waals surface area contributed by atoms with Gasteiger partial charge in [-0.25, -0.2) is 9.78 Å². The van der Waals surface area contributed by atoms with Crippen molar-refractivity contribution in [3.8, 4) is 0 Å². The van der Waals surface area contributed by atoms with Gasteiger partial charge < -0.3 is 19.3 Å². The second-order valence-electron chi connectivity index (χ2n) is 8.66. The van der Waals surface area contributed by atoms with Gasteiger partial charge in [-0.3, -0.25) is 9.59 Å². The van der Waals surface area contributed by atoms with Crippen molar-refractivity contribution in [2.75, 3.05) is 0 Å². The van der Waals surface area contributed by atoms with Crippen LogP contribution >= 0.6 is 0 Å². The number of carboxylic acid groups (broad SMARTS) is 1. The molecule has 1 N–H and O–H groups in total. The minimum absolute atomic E-state index is 0.0670. The normalized spacial score (nSPS) is 48.4. The van der Waals surface area contributed by atoms with Crippen molar-refractivity contribution < 1.29 is 38.7 Å². The van der Waals surface area contributed by atoms with E-state index in [0.717, 1.165) is 19.3 Å². The predicted molar refractivity (Wildman–Crippen MR) is 89.8 cm³/mol. The number of fused-ring (bicyclic) bond motifs is 2. The van der Waals surface area contributed by atoms with Crippen molar-refractivity contribution in [2.24, 2.45) is 23.7 Å². The smallest absolute Gasteiger partial charge is 0.308 e. The highest BCUT2D eigenvalue weighted by Gasteiger charge is 2.69. The maximum atomic E-state index is 12.1. The average Bonchev–Trinajstić information content (AvgIpc) is 2.84. The predicted octanol–water partition coefficient (Wildman–Crippen LogP) is 2.60. The molecular formula is C19H28O8. The molecule has 5 aliphatic rings. The van der Waals surface area contributed by atoms with Crippen LogP contribution in [0.25, 0.3) is 0 Å². The molecule has 8 heteroatoms. The number of hydrogen-bond acceptors (Lipinski definition) is 7. The van der Waals surface area contributed by atoms with Gasteiger partial charge in [-0.1, -0.05) is 13.8 Å². The van der Waals surface area contributed by atoms with Crippen LogP contribution in [0.15, 0.2) is 0 Å². The van der Waals surface area contributed by atoms with E-state index in [9.17, 15) is 9.59 Å². The molecule has 0 aromatic carbocycles. The highest BCUT2D eigenvalue weighted by atomic mass is 17.3. The van der Waals surface area contributed by atoms with Crippen molar-refractivity contribution in [2.45, 2.75) is 83.3 Å². The fraction of sp³-hybridized carbons (Fsp3) is 0.895. The van der Waals surface area contributed by atoms with Crippen LogP contribution in [-0.2, 0) is 33.6 Å². The zero-order chi connectivity index (χ0) is 19.4. The summed E-state index contributed by atoms with van der Waals surface area (Å²) in [5, 5.41) is 8.76. The SMILES string of the molecule is CC1CCC2[C@@H](C)C(OC(=O)CCC(=O)O)OC3O[C@]4(C)CC[C@@H]1C32OO4. The quantitative estimate of drug-likeness (QED) is 0.583. The van der Waals surface area contributed by atoms with Gasteiger partial charge in [0.05, 0.1) is 12.8 Å². The van der Waals surface area contributed by atoms with Crippen molar-refractivity contribution in [1.82, 2.24) is 0 Å². The highest BCUT2D eigenvalue weighted by molar-refractivity contribution is 5.76. The number of carbonyl (C=O) groups is 2. The third kappa shape index (κ3) is 3.06. The molecule has 27 heavy (non-hydrogen) atoms. The molecule has 4 heterocycles. The molecule has 152 valence electrons. The summed E-state index contributed by atoms with van der Waals surface area (Å²) in [5.41, 5.74) is -0.697. The van der Waals surface area contributed by atoms with Crippen molar-refractivity contribution in [3.63, 3.8) is 0 Å². The Kier molecular flexibility index (Phi) is 4.73. The highest BCUT2D eigenvalue weighted by Crippen LogP contribution is 2.60. The molecule has 4 aliphatic heterocycles. The fourth-order valence-corrected chi connectivity index (χ4v) is 5.40. The van der Waals surface area contributed by atoms with Crippen LogP contribution in [0.2, 0.25) is 0 Å². The van der Waals surface area contributed by atoms with Gasteiger partial charge in [0.15, 0.2) is 11.9 Å². The molecule has 8 nitrogen and oxygen atoms in total. The molecular weight excluding hydrogens is 356 g/mol. The third-order valence-corrected chi connectivity index (χ3v) is 6.89. The molecule has 1 spiro atoms. The third-order valence-electron chi connectivity index (χ3n) is 6.89. The van der Waals surface area contributed by atoms with Gasteiger partial charge in [0.25, 0.3) is 0 Å². The van der Waals surface area contributed by atoms with Gasteiger partial charge in [0.1, 0.15) is 0 Å². The summed E-state index contributed by atoms with van der Waals surface area (Å²) in [6.45, 7) is 6.06. The van der Waals surface area contributed by atoms with Crippen molar-refractivity contribution in [3.05, 3.63) is 0 Å². The summed E-state index contributed by atoms with van der Waals surface area (Å²) in [7, 11) is 0. The lowest BCUT2D eigenvalue weighted by molar-refractivity contribution is -0.576. The first-order valence-electron chi connectivity index (χ1n) is 9.86. The zero-order valence-corrected chi connectivity index (χ0v) is 16.0. The number of hydrogen-bond donors (Lipinski definition) is 1. The van der Waals surface area contributed by atoms with E-state index in [0.29, 0.717) is 12.3 Å². The first-order valence-corrected chi connectivity index (χ1v) is 9.86. The monoisotopic (exact) mass is 384 g/mol. The van der Waals surface area contributed by atoms with Crippen molar-refractivity contribution >= 4 is 11.9 Å². The average molecular weight is 384 g/mol. The maximum absolute atomic E-state index is 12.1. The second-order valence-corrected chi connectivity index (χ2v) is 8.66. The summed E-state index contributed by atoms with van der Waals surface area (Å²) in [4.78, 5) is 34.5. The number of ether oxygens (including phenoxy) is 3. The van der Waals surface area contributed by atoms with E-state index >= 15 is 0 Å². The molecule has 0 aromatic heterocycles. The second kappa shape index (κ2) is 6.69. The molecule has 4 saturated heterocycles. The molecule has 1 saturated carbocycles. The Hall–Kier alpha value is -1.22. The lowest BCUT2D eigenvalue weighted by atomic mass is 9.58. The molecule has 1 aliphatic carbocycles. The fourth-order valence-electron chi connectivity index (χ4n) is 5.40. The van der Waals surface area contributed by atoms with E-state index in [1.54, 1.807) is 0 Å². The minimum Gasteiger partial charge on any atom is -0.481 e. The summed E-state index contributed by atoms with van der Waals surface area (Å²) >= 11 is 0. The number of aliphatic carboxylic acids is 1. The largest absolute Gasteiger partial charge is 0.481 e. The summed E-state index contributed by atoms with van der Waals surface area (Å²) < 4.78 is 17.8. The number of carbonyl (C=O) groups excluding carboxylic acids is 1. The molecule has 5 rings (SSSR count). The molecule has 0 amide bonds. The van der Waals surface area contributed by atoms with Gasteiger partial charge in [0, 0.05) is 18.3 Å². The molecule has 0 aromatic rings. The van der Waals surface area contributed by atoms with E-state index in [4.69, 9.17) is 29.1 Å². The van der Waals surface area contributed by atoms with E-state index in [2.05, 4.69) is 6.92 Å². The van der Waals surface area contributed by atoms with Gasteiger partial charge in [-0.2, -0.15) is 0 Å². The van der Waals surface area contributed by atoms with E-state index in [-0.39, 0.29) is 30.6 Å². The Morgan fingerprint density at radius 2 is 1.89 bits per heavy atom. The Labute approximate surface area is 158 Å². The van der Waals surface area contributed by atoms with Crippen LogP contribution in [0.5, 0.6) is 0 Å². The van der Waals surface area contributed by atoms with Crippen LogP contribution in [0.3, 0.4) is 0 Å². The minimum atomic E-state index is -1.03. The van der Waals surface area contributed by atoms with Crippen LogP contribution in [0, 0.1) is 23.7 Å². The first-order chi connectivity index (χ1) is 12.7.